The van der Waals surface area contributed by atoms with Crippen molar-refractivity contribution in [2.75, 3.05) is 38.2 Å². The summed E-state index contributed by atoms with van der Waals surface area (Å²) < 4.78 is 7.21. The van der Waals surface area contributed by atoms with Crippen molar-refractivity contribution in [3.63, 3.8) is 0 Å². The molecule has 0 saturated carbocycles. The predicted molar refractivity (Wildman–Crippen MR) is 125 cm³/mol. The van der Waals surface area contributed by atoms with Crippen molar-refractivity contribution in [3.8, 4) is 17.0 Å². The number of ether oxygens (including phenoxy) is 1. The van der Waals surface area contributed by atoms with Crippen LogP contribution in [0.1, 0.15) is 37.8 Å². The first-order chi connectivity index (χ1) is 15.6. The van der Waals surface area contributed by atoms with Crippen LogP contribution in [0.4, 0.5) is 5.82 Å². The van der Waals surface area contributed by atoms with Gasteiger partial charge in [-0.05, 0) is 63.3 Å². The van der Waals surface area contributed by atoms with Gasteiger partial charge in [0, 0.05) is 55.5 Å². The number of likely N-dealkylation sites (tertiary alicyclic amines) is 1. The standard InChI is InChI=1S/C25H31N5O2/c1-18-16-24(28-14-10-20(11-15-28)25(31)29-12-4-3-5-13-29)30-23(26-18)17-22(27-30)19-6-8-21(32-2)9-7-19/h6-9,16-17,20H,3-5,10-15H2,1-2H3. The number of carbonyl (C=O) groups excluding carboxylic acids is 1. The third-order valence-corrected chi connectivity index (χ3v) is 6.76. The Labute approximate surface area is 189 Å². The summed E-state index contributed by atoms with van der Waals surface area (Å²) in [5.41, 5.74) is 3.74. The summed E-state index contributed by atoms with van der Waals surface area (Å²) in [4.78, 5) is 22.1. The maximum atomic E-state index is 12.9. The Hall–Kier alpha value is -3.09. The summed E-state index contributed by atoms with van der Waals surface area (Å²) in [6.07, 6.45) is 5.33. The van der Waals surface area contributed by atoms with Gasteiger partial charge in [-0.3, -0.25) is 4.79 Å². The molecule has 168 valence electrons. The van der Waals surface area contributed by atoms with E-state index < -0.39 is 0 Å². The van der Waals surface area contributed by atoms with Crippen LogP contribution < -0.4 is 9.64 Å². The predicted octanol–water partition coefficient (Wildman–Crippen LogP) is 3.94. The molecule has 5 rings (SSSR count). The summed E-state index contributed by atoms with van der Waals surface area (Å²) >= 11 is 0. The average Bonchev–Trinajstić information content (AvgIpc) is 3.28. The smallest absolute Gasteiger partial charge is 0.225 e. The van der Waals surface area contributed by atoms with Gasteiger partial charge < -0.3 is 14.5 Å². The highest BCUT2D eigenvalue weighted by Crippen LogP contribution is 2.29. The zero-order chi connectivity index (χ0) is 22.1. The van der Waals surface area contributed by atoms with E-state index in [2.05, 4.69) is 15.9 Å². The first-order valence-corrected chi connectivity index (χ1v) is 11.7. The molecule has 4 heterocycles. The Bertz CT molecular complexity index is 1090. The van der Waals surface area contributed by atoms with E-state index in [1.807, 2.05) is 41.8 Å². The largest absolute Gasteiger partial charge is 0.497 e. The molecule has 0 aliphatic carbocycles. The Kier molecular flexibility index (Phi) is 5.72. The van der Waals surface area contributed by atoms with E-state index in [0.29, 0.717) is 5.91 Å². The molecule has 1 amide bonds. The number of rotatable bonds is 4. The summed E-state index contributed by atoms with van der Waals surface area (Å²) in [5, 5.41) is 4.88. The van der Waals surface area contributed by atoms with Gasteiger partial charge in [0.2, 0.25) is 5.91 Å². The Morgan fingerprint density at radius 2 is 1.72 bits per heavy atom. The minimum atomic E-state index is 0.148. The molecule has 0 radical (unpaired) electrons. The SMILES string of the molecule is COc1ccc(-c2cc3nc(C)cc(N4CCC(C(=O)N5CCCCC5)CC4)n3n2)cc1. The third-order valence-electron chi connectivity index (χ3n) is 6.76. The molecule has 3 aromatic rings. The topological polar surface area (TPSA) is 63.0 Å². The molecule has 2 aliphatic rings. The number of piperidine rings is 2. The van der Waals surface area contributed by atoms with Crippen LogP contribution in [-0.4, -0.2) is 58.7 Å². The molecule has 0 bridgehead atoms. The van der Waals surface area contributed by atoms with E-state index in [9.17, 15) is 4.79 Å². The maximum Gasteiger partial charge on any atom is 0.225 e. The van der Waals surface area contributed by atoms with Crippen molar-refractivity contribution >= 4 is 17.4 Å². The molecule has 0 unspecified atom stereocenters. The minimum absolute atomic E-state index is 0.148. The van der Waals surface area contributed by atoms with Crippen molar-refractivity contribution in [1.29, 1.82) is 0 Å². The summed E-state index contributed by atoms with van der Waals surface area (Å²) in [5.74, 6) is 2.39. The van der Waals surface area contributed by atoms with E-state index >= 15 is 0 Å². The van der Waals surface area contributed by atoms with Crippen molar-refractivity contribution in [1.82, 2.24) is 19.5 Å². The number of hydrogen-bond donors (Lipinski definition) is 0. The van der Waals surface area contributed by atoms with Crippen molar-refractivity contribution in [2.45, 2.75) is 39.0 Å². The Morgan fingerprint density at radius 3 is 2.41 bits per heavy atom. The van der Waals surface area contributed by atoms with Crippen LogP contribution in [0.3, 0.4) is 0 Å². The van der Waals surface area contributed by atoms with Gasteiger partial charge in [-0.1, -0.05) is 0 Å². The highest BCUT2D eigenvalue weighted by atomic mass is 16.5. The molecule has 2 fully saturated rings. The van der Waals surface area contributed by atoms with Gasteiger partial charge in [0.1, 0.15) is 11.6 Å². The highest BCUT2D eigenvalue weighted by Gasteiger charge is 2.30. The monoisotopic (exact) mass is 433 g/mol. The van der Waals surface area contributed by atoms with Gasteiger partial charge in [0.05, 0.1) is 12.8 Å². The first-order valence-electron chi connectivity index (χ1n) is 11.7. The van der Waals surface area contributed by atoms with Crippen molar-refractivity contribution in [2.24, 2.45) is 5.92 Å². The van der Waals surface area contributed by atoms with Gasteiger partial charge in [-0.25, -0.2) is 4.98 Å². The molecule has 32 heavy (non-hydrogen) atoms. The second-order valence-corrected chi connectivity index (χ2v) is 8.93. The van der Waals surface area contributed by atoms with E-state index in [0.717, 1.165) is 86.0 Å². The lowest BCUT2D eigenvalue weighted by molar-refractivity contribution is -0.137. The molecular formula is C25H31N5O2. The van der Waals surface area contributed by atoms with Crippen LogP contribution in [-0.2, 0) is 4.79 Å². The van der Waals surface area contributed by atoms with Gasteiger partial charge in [-0.2, -0.15) is 9.61 Å². The van der Waals surface area contributed by atoms with E-state index in [-0.39, 0.29) is 5.92 Å². The average molecular weight is 434 g/mol. The van der Waals surface area contributed by atoms with Gasteiger partial charge in [-0.15, -0.1) is 0 Å². The lowest BCUT2D eigenvalue weighted by atomic mass is 9.94. The van der Waals surface area contributed by atoms with Crippen molar-refractivity contribution in [3.05, 3.63) is 42.1 Å². The quantitative estimate of drug-likeness (QED) is 0.624. The number of anilines is 1. The number of fused-ring (bicyclic) bond motifs is 1. The summed E-state index contributed by atoms with van der Waals surface area (Å²) in [6, 6.07) is 12.1. The van der Waals surface area contributed by atoms with Crippen LogP contribution in [0.25, 0.3) is 16.9 Å². The van der Waals surface area contributed by atoms with E-state index in [1.54, 1.807) is 7.11 Å². The molecule has 2 aliphatic heterocycles. The van der Waals surface area contributed by atoms with Gasteiger partial charge >= 0.3 is 0 Å². The first kappa shape index (κ1) is 20.8. The number of benzene rings is 1. The number of carbonyl (C=O) groups is 1. The van der Waals surface area contributed by atoms with Crippen LogP contribution in [0.2, 0.25) is 0 Å². The second kappa shape index (κ2) is 8.81. The van der Waals surface area contributed by atoms with Crippen LogP contribution in [0.5, 0.6) is 5.75 Å². The van der Waals surface area contributed by atoms with Crippen LogP contribution in [0.15, 0.2) is 36.4 Å². The second-order valence-electron chi connectivity index (χ2n) is 8.93. The molecule has 0 spiro atoms. The van der Waals surface area contributed by atoms with E-state index in [1.165, 1.54) is 6.42 Å². The number of hydrogen-bond acceptors (Lipinski definition) is 5. The van der Waals surface area contributed by atoms with Crippen LogP contribution >= 0.6 is 0 Å². The van der Waals surface area contributed by atoms with E-state index in [4.69, 9.17) is 14.8 Å². The molecule has 7 heteroatoms. The molecule has 0 N–H and O–H groups in total. The van der Waals surface area contributed by atoms with Gasteiger partial charge in [0.25, 0.3) is 0 Å². The Morgan fingerprint density at radius 1 is 1.00 bits per heavy atom. The van der Waals surface area contributed by atoms with Crippen LogP contribution in [0, 0.1) is 12.8 Å². The van der Waals surface area contributed by atoms with Crippen molar-refractivity contribution < 1.29 is 9.53 Å². The zero-order valence-electron chi connectivity index (χ0n) is 19.0. The lowest BCUT2D eigenvalue weighted by Gasteiger charge is -2.36. The number of amides is 1. The number of aryl methyl sites for hydroxylation is 1. The fraction of sp³-hybridized carbons (Fsp3) is 0.480. The number of methoxy groups -OCH3 is 1. The fourth-order valence-corrected chi connectivity index (χ4v) is 4.94. The minimum Gasteiger partial charge on any atom is -0.497 e. The molecule has 7 nitrogen and oxygen atoms in total. The Balaban J connectivity index is 1.36. The molecule has 2 saturated heterocycles. The lowest BCUT2D eigenvalue weighted by Crippen LogP contribution is -2.44. The molecule has 0 atom stereocenters. The zero-order valence-corrected chi connectivity index (χ0v) is 19.0. The summed E-state index contributed by atoms with van der Waals surface area (Å²) in [7, 11) is 1.67. The maximum absolute atomic E-state index is 12.9. The number of nitrogens with zero attached hydrogens (tertiary/aromatic N) is 5. The van der Waals surface area contributed by atoms with Gasteiger partial charge in [0.15, 0.2) is 5.65 Å². The molecular weight excluding hydrogens is 402 g/mol. The number of aromatic nitrogens is 3. The molecule has 2 aromatic heterocycles. The fourth-order valence-electron chi connectivity index (χ4n) is 4.94. The highest BCUT2D eigenvalue weighted by molar-refractivity contribution is 5.79. The third kappa shape index (κ3) is 4.04. The molecule has 1 aromatic carbocycles. The summed E-state index contributed by atoms with van der Waals surface area (Å²) in [6.45, 7) is 5.62. The normalized spacial score (nSPS) is 17.7.